The van der Waals surface area contributed by atoms with E-state index in [1.165, 1.54) is 18.8 Å². The van der Waals surface area contributed by atoms with Gasteiger partial charge in [-0.05, 0) is 53.9 Å². The summed E-state index contributed by atoms with van der Waals surface area (Å²) < 4.78 is 3.06. The van der Waals surface area contributed by atoms with Crippen LogP contribution >= 0.6 is 0 Å². The minimum Gasteiger partial charge on any atom is -0.381 e. The molecular weight excluding hydrogens is 861 g/mol. The van der Waals surface area contributed by atoms with Crippen molar-refractivity contribution in [2.45, 2.75) is 31.0 Å². The van der Waals surface area contributed by atoms with Crippen LogP contribution in [-0.4, -0.2) is 96.3 Å². The van der Waals surface area contributed by atoms with E-state index in [0.717, 1.165) is 33.6 Å². The topological polar surface area (TPSA) is 215 Å². The Morgan fingerprint density at radius 3 is 1.43 bits per heavy atom. The normalized spacial score (nSPS) is 12.0. The van der Waals surface area contributed by atoms with Crippen LogP contribution in [0.25, 0.3) is 34.2 Å². The number of hydrogen-bond acceptors (Lipinski definition) is 10. The Bertz CT molecular complexity index is 2960. The zero-order valence-electron chi connectivity index (χ0n) is 37.1. The van der Waals surface area contributed by atoms with E-state index in [0.29, 0.717) is 11.6 Å². The number of hydrogen-bond donors (Lipinski definition) is 5. The van der Waals surface area contributed by atoms with Gasteiger partial charge in [-0.25, -0.2) is 19.3 Å². The number of benzene rings is 4. The molecular formula is C52H48N10O6. The van der Waals surface area contributed by atoms with Gasteiger partial charge in [0.2, 0.25) is 5.78 Å². The van der Waals surface area contributed by atoms with Gasteiger partial charge in [0.1, 0.15) is 6.04 Å². The Hall–Kier alpha value is -8.89. The van der Waals surface area contributed by atoms with Crippen molar-refractivity contribution in [2.75, 3.05) is 14.1 Å². The molecule has 4 aromatic carbocycles. The number of ketones is 1. The molecule has 0 spiro atoms. The average Bonchev–Trinajstić information content (AvgIpc) is 4.11. The first-order valence-corrected chi connectivity index (χ1v) is 21.6. The first-order chi connectivity index (χ1) is 33.1. The van der Waals surface area contributed by atoms with Gasteiger partial charge in [0.25, 0.3) is 23.6 Å². The van der Waals surface area contributed by atoms with Crippen molar-refractivity contribution in [1.29, 1.82) is 0 Å². The fraction of sp³-hybridized carbons (Fsp3) is 0.135. The Labute approximate surface area is 392 Å². The van der Waals surface area contributed by atoms with Crippen molar-refractivity contribution in [1.82, 2.24) is 50.8 Å². The van der Waals surface area contributed by atoms with Crippen LogP contribution in [0.2, 0.25) is 0 Å². The summed E-state index contributed by atoms with van der Waals surface area (Å²) in [6.07, 6.45) is 5.62. The van der Waals surface area contributed by atoms with Crippen LogP contribution in [0.1, 0.15) is 31.8 Å². The standard InChI is InChI=1S/C26H25N5O3.C26H23N5O3/c2*1-27-26(34)23(32)22(17-18-9-4-2-5-10-18)29-25(33)20-13-8-15-28-24(20)31-16-14-21(30-31)19-11-6-3-7-12-19/h2-16,22-23,32H,17H2,1H3,(H,27,34)(H,29,33);2-16,22H,17H2,1H3,(H,27,34)(H,29,33). The van der Waals surface area contributed by atoms with E-state index < -0.39 is 47.6 Å². The van der Waals surface area contributed by atoms with Crippen molar-refractivity contribution < 1.29 is 29.1 Å². The lowest BCUT2D eigenvalue weighted by atomic mass is 10.00. The van der Waals surface area contributed by atoms with Crippen LogP contribution in [0.15, 0.2) is 183 Å². The number of likely N-dealkylation sites (N-methyl/N-ethyl adjacent to an activating group) is 2. The zero-order valence-corrected chi connectivity index (χ0v) is 37.1. The van der Waals surface area contributed by atoms with Gasteiger partial charge < -0.3 is 26.4 Å². The van der Waals surface area contributed by atoms with Crippen molar-refractivity contribution in [3.63, 3.8) is 0 Å². The number of aliphatic hydroxyl groups is 1. The summed E-state index contributed by atoms with van der Waals surface area (Å²) in [5, 5.41) is 30.0. The highest BCUT2D eigenvalue weighted by Crippen LogP contribution is 2.21. The van der Waals surface area contributed by atoms with Crippen molar-refractivity contribution in [3.8, 4) is 34.2 Å². The van der Waals surface area contributed by atoms with Crippen molar-refractivity contribution in [2.24, 2.45) is 0 Å². The molecule has 16 heteroatoms. The van der Waals surface area contributed by atoms with Crippen molar-refractivity contribution in [3.05, 3.63) is 205 Å². The molecule has 16 nitrogen and oxygen atoms in total. The molecule has 0 aliphatic rings. The Kier molecular flexibility index (Phi) is 15.8. The second-order valence-electron chi connectivity index (χ2n) is 15.3. The predicted molar refractivity (Wildman–Crippen MR) is 256 cm³/mol. The molecule has 0 saturated carbocycles. The maximum atomic E-state index is 13.3. The van der Waals surface area contributed by atoms with Crippen LogP contribution in [0.5, 0.6) is 0 Å². The summed E-state index contributed by atoms with van der Waals surface area (Å²) >= 11 is 0. The second kappa shape index (κ2) is 22.8. The fourth-order valence-corrected chi connectivity index (χ4v) is 7.19. The Balaban J connectivity index is 0.000000201. The fourth-order valence-electron chi connectivity index (χ4n) is 7.19. The summed E-state index contributed by atoms with van der Waals surface area (Å²) in [6, 6.07) is 46.2. The molecule has 342 valence electrons. The average molecular weight is 909 g/mol. The number of pyridine rings is 2. The molecule has 0 radical (unpaired) electrons. The maximum absolute atomic E-state index is 13.3. The molecule has 8 aromatic rings. The zero-order chi connectivity index (χ0) is 47.8. The lowest BCUT2D eigenvalue weighted by molar-refractivity contribution is -0.138. The van der Waals surface area contributed by atoms with E-state index in [9.17, 15) is 29.1 Å². The lowest BCUT2D eigenvalue weighted by Gasteiger charge is -2.23. The molecule has 0 saturated heterocycles. The summed E-state index contributed by atoms with van der Waals surface area (Å²) in [5.41, 5.74) is 5.55. The van der Waals surface area contributed by atoms with E-state index in [-0.39, 0.29) is 24.0 Å². The number of carbonyl (C=O) groups is 5. The number of rotatable bonds is 16. The largest absolute Gasteiger partial charge is 0.381 e. The molecule has 8 rings (SSSR count). The SMILES string of the molecule is CNC(=O)C(=O)C(Cc1ccccc1)NC(=O)c1cccnc1-n1ccc(-c2ccccc2)n1.CNC(=O)C(O)C(Cc1ccccc1)NC(=O)c1cccnc1-n1ccc(-c2ccccc2)n1. The quantitative estimate of drug-likeness (QED) is 0.0821. The van der Waals surface area contributed by atoms with Crippen LogP contribution in [-0.2, 0) is 27.2 Å². The van der Waals surface area contributed by atoms with Gasteiger partial charge in [-0.2, -0.15) is 10.2 Å². The first kappa shape index (κ1) is 47.1. The summed E-state index contributed by atoms with van der Waals surface area (Å²) in [5.74, 6) is -2.42. The predicted octanol–water partition coefficient (Wildman–Crippen LogP) is 4.97. The molecule has 3 unspecified atom stereocenters. The summed E-state index contributed by atoms with van der Waals surface area (Å²) in [7, 11) is 2.82. The summed E-state index contributed by atoms with van der Waals surface area (Å²) in [4.78, 5) is 72.2. The van der Waals surface area contributed by atoms with Crippen LogP contribution in [0, 0.1) is 0 Å². The number of nitrogens with one attached hydrogen (secondary N) is 4. The smallest absolute Gasteiger partial charge is 0.289 e. The van der Waals surface area contributed by atoms with Gasteiger partial charge in [-0.15, -0.1) is 0 Å². The van der Waals surface area contributed by atoms with E-state index in [1.807, 2.05) is 133 Å². The first-order valence-electron chi connectivity index (χ1n) is 21.6. The number of Topliss-reactive ketones (excluding diaryl/α,β-unsaturated/α-hetero) is 1. The molecule has 0 aliphatic carbocycles. The number of carbonyl (C=O) groups excluding carboxylic acids is 5. The van der Waals surface area contributed by atoms with Gasteiger partial charge >= 0.3 is 0 Å². The van der Waals surface area contributed by atoms with E-state index in [4.69, 9.17) is 0 Å². The van der Waals surface area contributed by atoms with E-state index in [2.05, 4.69) is 41.4 Å². The minimum absolute atomic E-state index is 0.175. The molecule has 0 aliphatic heterocycles. The van der Waals surface area contributed by atoms with Crippen LogP contribution < -0.4 is 21.3 Å². The molecule has 0 fully saturated rings. The lowest BCUT2D eigenvalue weighted by Crippen LogP contribution is -2.51. The molecule has 4 amide bonds. The van der Waals surface area contributed by atoms with Gasteiger partial charge in [-0.3, -0.25) is 24.0 Å². The van der Waals surface area contributed by atoms with Crippen molar-refractivity contribution >= 4 is 29.4 Å². The van der Waals surface area contributed by atoms with Gasteiger partial charge in [-0.1, -0.05) is 121 Å². The Morgan fingerprint density at radius 1 is 0.529 bits per heavy atom. The van der Waals surface area contributed by atoms with E-state index >= 15 is 0 Å². The third kappa shape index (κ3) is 11.9. The second-order valence-corrected chi connectivity index (χ2v) is 15.3. The number of aliphatic hydroxyl groups excluding tert-OH is 1. The van der Waals surface area contributed by atoms with E-state index in [1.54, 1.807) is 53.7 Å². The van der Waals surface area contributed by atoms with Crippen LogP contribution in [0.3, 0.4) is 0 Å². The molecule has 4 aromatic heterocycles. The minimum atomic E-state index is -1.43. The van der Waals surface area contributed by atoms with Gasteiger partial charge in [0, 0.05) is 56.4 Å². The number of nitrogens with zero attached hydrogens (tertiary/aromatic N) is 6. The van der Waals surface area contributed by atoms with Gasteiger partial charge in [0.15, 0.2) is 17.7 Å². The third-order valence-electron chi connectivity index (χ3n) is 10.7. The monoisotopic (exact) mass is 908 g/mol. The number of amides is 4. The van der Waals surface area contributed by atoms with Crippen LogP contribution in [0.4, 0.5) is 0 Å². The summed E-state index contributed by atoms with van der Waals surface area (Å²) in [6.45, 7) is 0. The highest BCUT2D eigenvalue weighted by Gasteiger charge is 2.30. The molecule has 5 N–H and O–H groups in total. The highest BCUT2D eigenvalue weighted by molar-refractivity contribution is 6.38. The highest BCUT2D eigenvalue weighted by atomic mass is 16.3. The molecule has 3 atom stereocenters. The Morgan fingerprint density at radius 2 is 0.971 bits per heavy atom. The molecule has 0 bridgehead atoms. The third-order valence-corrected chi connectivity index (χ3v) is 10.7. The maximum Gasteiger partial charge on any atom is 0.289 e. The van der Waals surface area contributed by atoms with Gasteiger partial charge in [0.05, 0.1) is 28.6 Å². The molecule has 4 heterocycles. The molecule has 68 heavy (non-hydrogen) atoms. The number of aromatic nitrogens is 6.